The molecular weight excluding hydrogens is 466 g/mol. The van der Waals surface area contributed by atoms with E-state index in [1.807, 2.05) is 0 Å². The first kappa shape index (κ1) is 23.0. The van der Waals surface area contributed by atoms with Crippen molar-refractivity contribution >= 4 is 33.6 Å². The normalized spacial score (nSPS) is 19.9. The monoisotopic (exact) mass is 485 g/mol. The maximum absolute atomic E-state index is 13.5. The predicted molar refractivity (Wildman–Crippen MR) is 123 cm³/mol. The third-order valence-corrected chi connectivity index (χ3v) is 8.00. The molecule has 9 heteroatoms. The molecule has 0 saturated heterocycles. The molecule has 33 heavy (non-hydrogen) atoms. The Morgan fingerprint density at radius 1 is 0.909 bits per heavy atom. The highest BCUT2D eigenvalue weighted by Crippen LogP contribution is 2.57. The number of halogens is 1. The summed E-state index contributed by atoms with van der Waals surface area (Å²) >= 11 is 5.91. The zero-order chi connectivity index (χ0) is 23.8. The molecule has 1 aliphatic carbocycles. The zero-order valence-corrected chi connectivity index (χ0v) is 18.8. The first-order chi connectivity index (χ1) is 15.7. The largest absolute Gasteiger partial charge is 0.480 e. The maximum Gasteiger partial charge on any atom is 0.325 e. The molecule has 0 radical (unpaired) electrons. The molecule has 3 aromatic carbocycles. The van der Waals surface area contributed by atoms with Gasteiger partial charge in [-0.15, -0.1) is 0 Å². The van der Waals surface area contributed by atoms with Crippen LogP contribution in [0.1, 0.15) is 17.9 Å². The van der Waals surface area contributed by atoms with Crippen molar-refractivity contribution in [3.63, 3.8) is 0 Å². The Morgan fingerprint density at radius 3 is 1.97 bits per heavy atom. The number of nitrogens with zero attached hydrogens (tertiary/aromatic N) is 1. The molecule has 1 aliphatic rings. The minimum atomic E-state index is -4.43. The van der Waals surface area contributed by atoms with Gasteiger partial charge >= 0.3 is 11.9 Å². The van der Waals surface area contributed by atoms with Crippen molar-refractivity contribution < 1.29 is 28.2 Å². The Labute approximate surface area is 195 Å². The Hall–Kier alpha value is -3.20. The van der Waals surface area contributed by atoms with Crippen LogP contribution in [-0.2, 0) is 19.6 Å². The van der Waals surface area contributed by atoms with E-state index in [4.69, 9.17) is 11.6 Å². The number of carboxylic acids is 2. The second-order valence-corrected chi connectivity index (χ2v) is 10.1. The molecule has 0 aromatic heterocycles. The van der Waals surface area contributed by atoms with Crippen LogP contribution in [0.25, 0.3) is 11.1 Å². The number of carbonyl (C=O) groups is 2. The quantitative estimate of drug-likeness (QED) is 0.497. The number of benzene rings is 3. The van der Waals surface area contributed by atoms with Gasteiger partial charge in [0.05, 0.1) is 4.90 Å². The molecule has 2 atom stereocenters. The van der Waals surface area contributed by atoms with Crippen LogP contribution in [0.2, 0.25) is 5.02 Å². The van der Waals surface area contributed by atoms with Crippen LogP contribution in [0.15, 0.2) is 83.8 Å². The fraction of sp³-hybridized carbons (Fsp3) is 0.167. The molecule has 1 fully saturated rings. The van der Waals surface area contributed by atoms with E-state index < -0.39 is 40.0 Å². The van der Waals surface area contributed by atoms with Crippen LogP contribution < -0.4 is 0 Å². The Balaban J connectivity index is 1.73. The lowest BCUT2D eigenvalue weighted by Gasteiger charge is -2.28. The van der Waals surface area contributed by atoms with Gasteiger partial charge in [-0.1, -0.05) is 66.2 Å². The molecule has 1 saturated carbocycles. The van der Waals surface area contributed by atoms with Crippen molar-refractivity contribution in [2.45, 2.75) is 22.8 Å². The molecule has 0 amide bonds. The lowest BCUT2D eigenvalue weighted by molar-refractivity contribution is -0.145. The predicted octanol–water partition coefficient (Wildman–Crippen LogP) is 4.09. The summed E-state index contributed by atoms with van der Waals surface area (Å²) in [6, 6.07) is 21.5. The van der Waals surface area contributed by atoms with Crippen LogP contribution in [0, 0.1) is 0 Å². The minimum Gasteiger partial charge on any atom is -0.480 e. The molecule has 7 nitrogen and oxygen atoms in total. The number of carboxylic acid groups (broad SMARTS) is 2. The number of rotatable bonds is 8. The SMILES string of the molecule is O=C(O)CN([C@@]1(C(=O)O)C[C@H]1c1ccccc1)S(=O)(=O)c1ccc(-c2ccc(Cl)cc2)cc1. The van der Waals surface area contributed by atoms with Crippen molar-refractivity contribution in [1.82, 2.24) is 4.31 Å². The fourth-order valence-corrected chi connectivity index (χ4v) is 5.95. The second-order valence-electron chi connectivity index (χ2n) is 7.83. The van der Waals surface area contributed by atoms with Gasteiger partial charge in [0.25, 0.3) is 0 Å². The molecule has 0 aliphatic heterocycles. The summed E-state index contributed by atoms with van der Waals surface area (Å²) < 4.78 is 27.6. The summed E-state index contributed by atoms with van der Waals surface area (Å²) in [6.07, 6.45) is -0.0122. The van der Waals surface area contributed by atoms with Crippen molar-refractivity contribution in [2.75, 3.05) is 6.54 Å². The van der Waals surface area contributed by atoms with Crippen molar-refractivity contribution in [3.8, 4) is 11.1 Å². The van der Waals surface area contributed by atoms with E-state index in [1.165, 1.54) is 12.1 Å². The van der Waals surface area contributed by atoms with E-state index in [0.717, 1.165) is 11.1 Å². The van der Waals surface area contributed by atoms with E-state index in [1.54, 1.807) is 66.7 Å². The van der Waals surface area contributed by atoms with Crippen LogP contribution in [-0.4, -0.2) is 47.0 Å². The van der Waals surface area contributed by atoms with E-state index in [9.17, 15) is 28.2 Å². The highest BCUT2D eigenvalue weighted by atomic mass is 35.5. The summed E-state index contributed by atoms with van der Waals surface area (Å²) in [5, 5.41) is 20.0. The van der Waals surface area contributed by atoms with Gasteiger partial charge in [0, 0.05) is 10.9 Å². The van der Waals surface area contributed by atoms with E-state index >= 15 is 0 Å². The summed E-state index contributed by atoms with van der Waals surface area (Å²) in [4.78, 5) is 23.7. The average Bonchev–Trinajstić information content (AvgIpc) is 3.55. The van der Waals surface area contributed by atoms with E-state index in [2.05, 4.69) is 0 Å². The first-order valence-electron chi connectivity index (χ1n) is 10.1. The highest BCUT2D eigenvalue weighted by molar-refractivity contribution is 7.89. The Kier molecular flexibility index (Phi) is 6.00. The summed E-state index contributed by atoms with van der Waals surface area (Å²) in [7, 11) is -4.43. The van der Waals surface area contributed by atoms with Crippen LogP contribution in [0.3, 0.4) is 0 Å². The van der Waals surface area contributed by atoms with Gasteiger partial charge in [0.2, 0.25) is 10.0 Å². The third kappa shape index (κ3) is 4.25. The zero-order valence-electron chi connectivity index (χ0n) is 17.3. The lowest BCUT2D eigenvalue weighted by atomic mass is 10.1. The third-order valence-electron chi connectivity index (χ3n) is 5.85. The topological polar surface area (TPSA) is 112 Å². The summed E-state index contributed by atoms with van der Waals surface area (Å²) in [6.45, 7) is -0.961. The second kappa shape index (κ2) is 8.62. The number of aliphatic carboxylic acids is 2. The molecular formula is C24H20ClNO6S. The number of hydrogen-bond acceptors (Lipinski definition) is 4. The van der Waals surface area contributed by atoms with Crippen molar-refractivity contribution in [2.24, 2.45) is 0 Å². The van der Waals surface area contributed by atoms with E-state index in [-0.39, 0.29) is 11.3 Å². The molecule has 2 N–H and O–H groups in total. The summed E-state index contributed by atoms with van der Waals surface area (Å²) in [5.41, 5.74) is 0.326. The van der Waals surface area contributed by atoms with Crippen LogP contribution >= 0.6 is 11.6 Å². The van der Waals surface area contributed by atoms with Gasteiger partial charge in [0.15, 0.2) is 0 Å². The van der Waals surface area contributed by atoms with Gasteiger partial charge in [0.1, 0.15) is 12.1 Å². The van der Waals surface area contributed by atoms with Crippen molar-refractivity contribution in [1.29, 1.82) is 0 Å². The Morgan fingerprint density at radius 2 is 1.45 bits per heavy atom. The molecule has 0 bridgehead atoms. The van der Waals surface area contributed by atoms with Crippen molar-refractivity contribution in [3.05, 3.63) is 89.4 Å². The minimum absolute atomic E-state index is 0.0122. The average molecular weight is 486 g/mol. The molecule has 3 aromatic rings. The summed E-state index contributed by atoms with van der Waals surface area (Å²) in [5.74, 6) is -3.46. The smallest absolute Gasteiger partial charge is 0.325 e. The number of hydrogen-bond donors (Lipinski definition) is 2. The molecule has 4 rings (SSSR count). The van der Waals surface area contributed by atoms with Gasteiger partial charge < -0.3 is 10.2 Å². The first-order valence-corrected chi connectivity index (χ1v) is 11.9. The lowest BCUT2D eigenvalue weighted by Crippen LogP contribution is -2.50. The number of sulfonamides is 1. The fourth-order valence-electron chi connectivity index (χ4n) is 4.10. The van der Waals surface area contributed by atoms with Crippen LogP contribution in [0.4, 0.5) is 0 Å². The van der Waals surface area contributed by atoms with Gasteiger partial charge in [-0.2, -0.15) is 4.31 Å². The molecule has 0 heterocycles. The standard InChI is InChI=1S/C24H20ClNO6S/c25-19-10-6-16(7-11-19)17-8-12-20(13-9-17)33(31,32)26(15-22(27)28)24(23(29)30)14-21(24)18-4-2-1-3-5-18/h1-13,21H,14-15H2,(H,27,28)(H,29,30)/t21-,24-/m0/s1. The van der Waals surface area contributed by atoms with E-state index in [0.29, 0.717) is 14.9 Å². The maximum atomic E-state index is 13.5. The Bertz CT molecular complexity index is 1290. The molecule has 0 unspecified atom stereocenters. The van der Waals surface area contributed by atoms with Gasteiger partial charge in [-0.05, 0) is 47.4 Å². The highest BCUT2D eigenvalue weighted by Gasteiger charge is 2.68. The van der Waals surface area contributed by atoms with Gasteiger partial charge in [-0.25, -0.2) is 8.42 Å². The molecule has 0 spiro atoms. The molecule has 170 valence electrons. The van der Waals surface area contributed by atoms with Gasteiger partial charge in [-0.3, -0.25) is 9.59 Å². The van der Waals surface area contributed by atoms with Crippen LogP contribution in [0.5, 0.6) is 0 Å².